The van der Waals surface area contributed by atoms with Crippen molar-refractivity contribution >= 4 is 32.7 Å². The molecule has 0 saturated heterocycles. The second-order valence-electron chi connectivity index (χ2n) is 6.87. The number of unbranched alkanes of at least 4 members (excludes halogenated alkanes) is 2. The maximum Gasteiger partial charge on any atom is 0.317 e. The SMILES string of the molecule is [N-]=[N+]=NCCCCC#Cc1ccc2c3c(cccc13)C(=O)N(CCS(=O)(=O)ON=[N+]=[N-])C2=O. The van der Waals surface area contributed by atoms with E-state index in [-0.39, 0.29) is 11.1 Å². The predicted octanol–water partition coefficient (Wildman–Crippen LogP) is 3.84. The first-order chi connectivity index (χ1) is 15.9. The fraction of sp³-hybridized carbons (Fsp3) is 0.300. The molecule has 0 N–H and O–H groups in total. The normalized spacial score (nSPS) is 12.4. The van der Waals surface area contributed by atoms with Crippen LogP contribution in [0.4, 0.5) is 0 Å². The Hall–Kier alpha value is -4.23. The Labute approximate surface area is 188 Å². The summed E-state index contributed by atoms with van der Waals surface area (Å²) in [4.78, 5) is 31.6. The van der Waals surface area contributed by atoms with Crippen molar-refractivity contribution in [2.45, 2.75) is 19.3 Å². The quantitative estimate of drug-likeness (QED) is 0.103. The first kappa shape index (κ1) is 23.4. The number of amides is 2. The predicted molar refractivity (Wildman–Crippen MR) is 118 cm³/mol. The monoisotopic (exact) mass is 467 g/mol. The first-order valence-electron chi connectivity index (χ1n) is 9.77. The molecule has 2 amide bonds. The highest BCUT2D eigenvalue weighted by molar-refractivity contribution is 7.86. The van der Waals surface area contributed by atoms with Crippen molar-refractivity contribution < 1.29 is 22.3 Å². The number of hydrogen-bond donors (Lipinski definition) is 0. The fourth-order valence-corrected chi connectivity index (χ4v) is 3.97. The van der Waals surface area contributed by atoms with E-state index in [1.165, 1.54) is 0 Å². The van der Waals surface area contributed by atoms with Crippen LogP contribution in [0.3, 0.4) is 0 Å². The Morgan fingerprint density at radius 2 is 1.79 bits per heavy atom. The van der Waals surface area contributed by atoms with Gasteiger partial charge < -0.3 is 4.28 Å². The van der Waals surface area contributed by atoms with Crippen LogP contribution >= 0.6 is 0 Å². The van der Waals surface area contributed by atoms with Gasteiger partial charge in [0.25, 0.3) is 11.8 Å². The summed E-state index contributed by atoms with van der Waals surface area (Å²) >= 11 is 0. The Morgan fingerprint density at radius 1 is 1.03 bits per heavy atom. The summed E-state index contributed by atoms with van der Waals surface area (Å²) < 4.78 is 27.6. The molecule has 1 aliphatic heterocycles. The van der Waals surface area contributed by atoms with Gasteiger partial charge in [-0.2, -0.15) is 8.42 Å². The third-order valence-corrected chi connectivity index (χ3v) is 5.81. The fourth-order valence-electron chi connectivity index (χ4n) is 3.36. The van der Waals surface area contributed by atoms with Gasteiger partial charge in [0.2, 0.25) is 0 Å². The molecule has 0 bridgehead atoms. The summed E-state index contributed by atoms with van der Waals surface area (Å²) in [6.45, 7) is -0.0486. The van der Waals surface area contributed by atoms with Crippen LogP contribution in [0.25, 0.3) is 31.7 Å². The molecule has 0 radical (unpaired) electrons. The molecule has 0 aromatic heterocycles. The first-order valence-corrected chi connectivity index (χ1v) is 11.3. The molecule has 0 fully saturated rings. The van der Waals surface area contributed by atoms with Crippen LogP contribution in [0.2, 0.25) is 0 Å². The highest BCUT2D eigenvalue weighted by atomic mass is 32.2. The minimum absolute atomic E-state index is 0.258. The number of carbonyl (C=O) groups excluding carboxylic acids is 2. The van der Waals surface area contributed by atoms with Gasteiger partial charge in [0, 0.05) is 51.4 Å². The number of imide groups is 1. The van der Waals surface area contributed by atoms with E-state index in [2.05, 4.69) is 36.3 Å². The Morgan fingerprint density at radius 3 is 2.52 bits per heavy atom. The second-order valence-corrected chi connectivity index (χ2v) is 8.54. The van der Waals surface area contributed by atoms with Crippen LogP contribution in [-0.2, 0) is 14.4 Å². The molecule has 0 unspecified atom stereocenters. The van der Waals surface area contributed by atoms with E-state index >= 15 is 0 Å². The molecule has 168 valence electrons. The summed E-state index contributed by atoms with van der Waals surface area (Å²) in [5, 5.41) is 7.12. The molecule has 2 aromatic rings. The number of rotatable bonds is 9. The van der Waals surface area contributed by atoms with E-state index in [0.717, 1.165) is 17.7 Å². The van der Waals surface area contributed by atoms with E-state index < -0.39 is 34.2 Å². The summed E-state index contributed by atoms with van der Waals surface area (Å²) in [5.74, 6) is 4.11. The van der Waals surface area contributed by atoms with E-state index in [9.17, 15) is 18.0 Å². The van der Waals surface area contributed by atoms with Crippen molar-refractivity contribution in [2.24, 2.45) is 10.4 Å². The lowest BCUT2D eigenvalue weighted by atomic mass is 9.91. The third kappa shape index (κ3) is 5.34. The number of nitrogens with zero attached hydrogens (tertiary/aromatic N) is 7. The average molecular weight is 467 g/mol. The molecule has 0 aliphatic carbocycles. The summed E-state index contributed by atoms with van der Waals surface area (Å²) in [6.07, 6.45) is 2.10. The number of azide groups is 2. The van der Waals surface area contributed by atoms with Gasteiger partial charge in [0.15, 0.2) is 0 Å². The minimum Gasteiger partial charge on any atom is -0.310 e. The van der Waals surface area contributed by atoms with Crippen molar-refractivity contribution in [3.05, 3.63) is 67.9 Å². The zero-order chi connectivity index (χ0) is 23.8. The van der Waals surface area contributed by atoms with Crippen molar-refractivity contribution in [1.29, 1.82) is 0 Å². The maximum absolute atomic E-state index is 13.0. The zero-order valence-corrected chi connectivity index (χ0v) is 18.0. The topological polar surface area (TPSA) is 178 Å². The van der Waals surface area contributed by atoms with Crippen LogP contribution < -0.4 is 0 Å². The van der Waals surface area contributed by atoms with Crippen LogP contribution in [0.15, 0.2) is 40.7 Å². The standard InChI is InChI=1S/C20H17N7O5S/c21-24-23-11-4-2-1-3-6-14-9-10-17-18-15(14)7-5-8-16(18)19(28)27(20(17)29)12-13-33(30,31)32-26-25-22/h5,7-10H,1-2,4,11-13H2. The number of hydrogen-bond acceptors (Lipinski definition) is 7. The van der Waals surface area contributed by atoms with E-state index in [1.54, 1.807) is 30.3 Å². The molecule has 13 heteroatoms. The Balaban J connectivity index is 1.85. The average Bonchev–Trinajstić information content (AvgIpc) is 2.81. The number of benzene rings is 2. The molecule has 33 heavy (non-hydrogen) atoms. The Bertz CT molecular complexity index is 1360. The van der Waals surface area contributed by atoms with E-state index in [4.69, 9.17) is 11.1 Å². The summed E-state index contributed by atoms with van der Waals surface area (Å²) in [7, 11) is -4.25. The lowest BCUT2D eigenvalue weighted by molar-refractivity contribution is 0.0620. The van der Waals surface area contributed by atoms with Crippen LogP contribution in [0.1, 0.15) is 45.5 Å². The van der Waals surface area contributed by atoms with Crippen LogP contribution in [0, 0.1) is 11.8 Å². The smallest absolute Gasteiger partial charge is 0.310 e. The van der Waals surface area contributed by atoms with Crippen LogP contribution in [-0.4, -0.2) is 44.0 Å². The van der Waals surface area contributed by atoms with Gasteiger partial charge >= 0.3 is 10.1 Å². The molecule has 12 nitrogen and oxygen atoms in total. The van der Waals surface area contributed by atoms with Crippen molar-refractivity contribution in [3.63, 3.8) is 0 Å². The van der Waals surface area contributed by atoms with Crippen molar-refractivity contribution in [3.8, 4) is 11.8 Å². The molecule has 0 saturated carbocycles. The second kappa shape index (κ2) is 10.4. The van der Waals surface area contributed by atoms with Gasteiger partial charge in [0.05, 0.1) is 0 Å². The van der Waals surface area contributed by atoms with Crippen LogP contribution in [0.5, 0.6) is 0 Å². The van der Waals surface area contributed by atoms with Gasteiger partial charge in [-0.1, -0.05) is 29.1 Å². The molecule has 3 rings (SSSR count). The lowest BCUT2D eigenvalue weighted by Gasteiger charge is -2.27. The molecule has 2 aromatic carbocycles. The summed E-state index contributed by atoms with van der Waals surface area (Å²) in [5.41, 5.74) is 17.6. The Kier molecular flexibility index (Phi) is 7.38. The molecule has 1 heterocycles. The highest BCUT2D eigenvalue weighted by Gasteiger charge is 2.34. The van der Waals surface area contributed by atoms with Gasteiger partial charge in [-0.3, -0.25) is 14.5 Å². The molecule has 0 atom stereocenters. The summed E-state index contributed by atoms with van der Waals surface area (Å²) in [6, 6.07) is 8.24. The van der Waals surface area contributed by atoms with Crippen molar-refractivity contribution in [2.75, 3.05) is 18.8 Å². The lowest BCUT2D eigenvalue weighted by Crippen LogP contribution is -2.42. The number of carbonyl (C=O) groups is 2. The van der Waals surface area contributed by atoms with Gasteiger partial charge in [-0.05, 0) is 47.5 Å². The van der Waals surface area contributed by atoms with Crippen molar-refractivity contribution in [1.82, 2.24) is 4.90 Å². The molecule has 1 aliphatic rings. The zero-order valence-electron chi connectivity index (χ0n) is 17.2. The van der Waals surface area contributed by atoms with E-state index in [0.29, 0.717) is 29.3 Å². The minimum atomic E-state index is -4.25. The maximum atomic E-state index is 13.0. The third-order valence-electron chi connectivity index (χ3n) is 4.84. The molecular weight excluding hydrogens is 450 g/mol. The van der Waals surface area contributed by atoms with Gasteiger partial charge in [-0.15, -0.1) is 0 Å². The largest absolute Gasteiger partial charge is 0.317 e. The van der Waals surface area contributed by atoms with Gasteiger partial charge in [-0.25, -0.2) is 0 Å². The molecule has 0 spiro atoms. The van der Waals surface area contributed by atoms with E-state index in [1.807, 2.05) is 0 Å². The highest BCUT2D eigenvalue weighted by Crippen LogP contribution is 2.32. The van der Waals surface area contributed by atoms with Gasteiger partial charge in [0.1, 0.15) is 11.0 Å². The molecular formula is C20H17N7O5S.